The fraction of sp³-hybridized carbons (Fsp3) is 0.364. The Morgan fingerprint density at radius 1 is 1.56 bits per heavy atom. The Kier molecular flexibility index (Phi) is 6.94. The molecule has 3 N–H and O–H groups in total. The van der Waals surface area contributed by atoms with E-state index in [-0.39, 0.29) is 18.3 Å². The van der Waals surface area contributed by atoms with Crippen molar-refractivity contribution in [1.29, 1.82) is 0 Å². The van der Waals surface area contributed by atoms with Crippen LogP contribution in [-0.2, 0) is 4.79 Å². The van der Waals surface area contributed by atoms with Gasteiger partial charge in [0.15, 0.2) is 0 Å². The minimum Gasteiger partial charge on any atom is -0.324 e. The van der Waals surface area contributed by atoms with Crippen LogP contribution in [0.4, 0.5) is 5.69 Å². The van der Waals surface area contributed by atoms with E-state index in [9.17, 15) is 4.79 Å². The summed E-state index contributed by atoms with van der Waals surface area (Å²) < 4.78 is 1.16. The second kappa shape index (κ2) is 7.09. The van der Waals surface area contributed by atoms with Crippen molar-refractivity contribution in [3.63, 3.8) is 0 Å². The minimum atomic E-state index is -0.427. The van der Waals surface area contributed by atoms with Crippen molar-refractivity contribution in [2.24, 2.45) is 5.73 Å². The summed E-state index contributed by atoms with van der Waals surface area (Å²) in [7, 11) is 0. The normalized spacial score (nSPS) is 11.5. The van der Waals surface area contributed by atoms with E-state index in [0.717, 1.165) is 14.8 Å². The van der Waals surface area contributed by atoms with Gasteiger partial charge in [0.25, 0.3) is 0 Å². The van der Waals surface area contributed by atoms with Crippen LogP contribution in [0.2, 0.25) is 0 Å². The molecule has 0 aromatic heterocycles. The van der Waals surface area contributed by atoms with E-state index in [1.165, 1.54) is 0 Å². The highest BCUT2D eigenvalue weighted by Gasteiger charge is 2.11. The summed E-state index contributed by atoms with van der Waals surface area (Å²) in [5.41, 5.74) is 7.52. The van der Waals surface area contributed by atoms with Crippen LogP contribution in [0.25, 0.3) is 0 Å². The monoisotopic (exact) mass is 354 g/mol. The Bertz CT molecular complexity index is 371. The number of carbonyl (C=O) groups is 1. The van der Waals surface area contributed by atoms with E-state index >= 15 is 0 Å². The second-order valence-corrected chi connectivity index (χ2v) is 4.71. The molecule has 0 bridgehead atoms. The molecule has 0 aliphatic rings. The molecule has 3 nitrogen and oxygen atoms in total. The molecule has 0 unspecified atom stereocenters. The first-order valence-corrected chi connectivity index (χ1v) is 5.95. The van der Waals surface area contributed by atoms with Crippen LogP contribution in [0.3, 0.4) is 0 Å². The number of amides is 1. The molecule has 1 rings (SSSR count). The van der Waals surface area contributed by atoms with E-state index < -0.39 is 6.04 Å². The number of hydrogen-bond donors (Lipinski definition) is 2. The SMILES string of the molecule is CC[C@H](N)C(=O)Nc1ccc(I)cc1C.Cl. The Labute approximate surface area is 116 Å². The molecule has 90 valence electrons. The Balaban J connectivity index is 0.00000225. The van der Waals surface area contributed by atoms with E-state index in [4.69, 9.17) is 5.73 Å². The molecule has 1 aromatic rings. The topological polar surface area (TPSA) is 55.1 Å². The van der Waals surface area contributed by atoms with E-state index in [1.54, 1.807) is 0 Å². The van der Waals surface area contributed by atoms with Gasteiger partial charge in [0.2, 0.25) is 5.91 Å². The number of hydrogen-bond acceptors (Lipinski definition) is 2. The summed E-state index contributed by atoms with van der Waals surface area (Å²) in [5.74, 6) is -0.123. The molecule has 0 aliphatic heterocycles. The molecule has 0 aliphatic carbocycles. The van der Waals surface area contributed by atoms with Crippen molar-refractivity contribution in [2.75, 3.05) is 5.32 Å². The molecule has 0 fully saturated rings. The average Bonchev–Trinajstić information content (AvgIpc) is 2.20. The molecule has 0 radical (unpaired) electrons. The van der Waals surface area contributed by atoms with Gasteiger partial charge in [-0.05, 0) is 59.7 Å². The second-order valence-electron chi connectivity index (χ2n) is 3.46. The smallest absolute Gasteiger partial charge is 0.241 e. The van der Waals surface area contributed by atoms with Gasteiger partial charge in [-0.2, -0.15) is 0 Å². The number of nitrogens with two attached hydrogens (primary N) is 1. The average molecular weight is 355 g/mol. The molecule has 0 saturated carbocycles. The third-order valence-electron chi connectivity index (χ3n) is 2.22. The van der Waals surface area contributed by atoms with Crippen LogP contribution in [0.1, 0.15) is 18.9 Å². The van der Waals surface area contributed by atoms with Crippen molar-refractivity contribution in [1.82, 2.24) is 0 Å². The van der Waals surface area contributed by atoms with Crippen LogP contribution in [-0.4, -0.2) is 11.9 Å². The lowest BCUT2D eigenvalue weighted by molar-refractivity contribution is -0.117. The van der Waals surface area contributed by atoms with Crippen LogP contribution in [0.5, 0.6) is 0 Å². The van der Waals surface area contributed by atoms with Gasteiger partial charge in [0.1, 0.15) is 0 Å². The minimum absolute atomic E-state index is 0. The number of halogens is 2. The van der Waals surface area contributed by atoms with Crippen molar-refractivity contribution in [3.8, 4) is 0 Å². The molecule has 0 heterocycles. The highest BCUT2D eigenvalue weighted by atomic mass is 127. The lowest BCUT2D eigenvalue weighted by Crippen LogP contribution is -2.34. The number of benzene rings is 1. The van der Waals surface area contributed by atoms with Gasteiger partial charge in [-0.3, -0.25) is 4.79 Å². The fourth-order valence-electron chi connectivity index (χ4n) is 1.18. The quantitative estimate of drug-likeness (QED) is 0.820. The molecule has 1 atom stereocenters. The molecule has 0 saturated heterocycles. The number of nitrogens with one attached hydrogen (secondary N) is 1. The largest absolute Gasteiger partial charge is 0.324 e. The predicted octanol–water partition coefficient (Wildman–Crippen LogP) is 2.70. The summed E-state index contributed by atoms with van der Waals surface area (Å²) in [5, 5.41) is 2.82. The third-order valence-corrected chi connectivity index (χ3v) is 2.89. The highest BCUT2D eigenvalue weighted by Crippen LogP contribution is 2.17. The molecule has 0 spiro atoms. The zero-order chi connectivity index (χ0) is 11.4. The first kappa shape index (κ1) is 15.7. The van der Waals surface area contributed by atoms with Gasteiger partial charge in [-0.15, -0.1) is 12.4 Å². The first-order chi connectivity index (χ1) is 7.04. The number of carbonyl (C=O) groups excluding carboxylic acids is 1. The standard InChI is InChI=1S/C11H15IN2O.ClH/c1-3-9(13)11(15)14-10-5-4-8(12)6-7(10)2;/h4-6,9H,3,13H2,1-2H3,(H,14,15);1H/t9-;/m0./s1. The third kappa shape index (κ3) is 4.27. The van der Waals surface area contributed by atoms with Gasteiger partial charge < -0.3 is 11.1 Å². The summed E-state index contributed by atoms with van der Waals surface area (Å²) in [6.45, 7) is 3.86. The molecular formula is C11H16ClIN2O. The summed E-state index contributed by atoms with van der Waals surface area (Å²) in [6, 6.07) is 5.45. The lowest BCUT2D eigenvalue weighted by Gasteiger charge is -2.12. The molecule has 1 amide bonds. The molecule has 5 heteroatoms. The van der Waals surface area contributed by atoms with Crippen molar-refractivity contribution in [3.05, 3.63) is 27.3 Å². The Hall–Kier alpha value is -0.330. The van der Waals surface area contributed by atoms with Crippen molar-refractivity contribution < 1.29 is 4.79 Å². The van der Waals surface area contributed by atoms with Crippen molar-refractivity contribution in [2.45, 2.75) is 26.3 Å². The zero-order valence-corrected chi connectivity index (χ0v) is 12.3. The number of rotatable bonds is 3. The maximum atomic E-state index is 11.5. The van der Waals surface area contributed by atoms with Gasteiger partial charge in [0, 0.05) is 9.26 Å². The maximum Gasteiger partial charge on any atom is 0.241 e. The first-order valence-electron chi connectivity index (χ1n) is 4.87. The van der Waals surface area contributed by atoms with Crippen molar-refractivity contribution >= 4 is 46.6 Å². The molecule has 1 aromatic carbocycles. The molecule has 16 heavy (non-hydrogen) atoms. The van der Waals surface area contributed by atoms with Crippen LogP contribution in [0.15, 0.2) is 18.2 Å². The van der Waals surface area contributed by atoms with Crippen LogP contribution >= 0.6 is 35.0 Å². The molecular weight excluding hydrogens is 338 g/mol. The highest BCUT2D eigenvalue weighted by molar-refractivity contribution is 14.1. The lowest BCUT2D eigenvalue weighted by atomic mass is 10.2. The Morgan fingerprint density at radius 3 is 2.69 bits per heavy atom. The van der Waals surface area contributed by atoms with E-state index in [1.807, 2.05) is 32.0 Å². The van der Waals surface area contributed by atoms with Gasteiger partial charge in [-0.25, -0.2) is 0 Å². The van der Waals surface area contributed by atoms with Gasteiger partial charge >= 0.3 is 0 Å². The fourth-order valence-corrected chi connectivity index (χ4v) is 1.83. The zero-order valence-electron chi connectivity index (χ0n) is 9.29. The van der Waals surface area contributed by atoms with E-state index in [0.29, 0.717) is 6.42 Å². The van der Waals surface area contributed by atoms with Crippen LogP contribution < -0.4 is 11.1 Å². The van der Waals surface area contributed by atoms with Gasteiger partial charge in [0.05, 0.1) is 6.04 Å². The summed E-state index contributed by atoms with van der Waals surface area (Å²) >= 11 is 2.24. The number of anilines is 1. The summed E-state index contributed by atoms with van der Waals surface area (Å²) in [4.78, 5) is 11.5. The van der Waals surface area contributed by atoms with Crippen LogP contribution in [0, 0.1) is 10.5 Å². The van der Waals surface area contributed by atoms with Gasteiger partial charge in [-0.1, -0.05) is 6.92 Å². The Morgan fingerprint density at radius 2 is 2.19 bits per heavy atom. The maximum absolute atomic E-state index is 11.5. The summed E-state index contributed by atoms with van der Waals surface area (Å²) in [6.07, 6.45) is 0.648. The van der Waals surface area contributed by atoms with E-state index in [2.05, 4.69) is 27.9 Å². The number of aryl methyl sites for hydroxylation is 1. The predicted molar refractivity (Wildman–Crippen MR) is 78.0 cm³/mol.